The SMILES string of the molecule is O=C(CC1CC2CCC(C1)N2)Nc1ccc(F)c(Cl)c1. The Hall–Kier alpha value is -1.13. The van der Waals surface area contributed by atoms with Crippen LogP contribution in [0.3, 0.4) is 0 Å². The third kappa shape index (κ3) is 3.13. The lowest BCUT2D eigenvalue weighted by Crippen LogP contribution is -2.39. The Balaban J connectivity index is 1.55. The molecular formula is C15H18ClFN2O. The van der Waals surface area contributed by atoms with Crippen molar-refractivity contribution in [3.63, 3.8) is 0 Å². The number of benzene rings is 1. The van der Waals surface area contributed by atoms with E-state index in [9.17, 15) is 9.18 Å². The molecule has 2 atom stereocenters. The first kappa shape index (κ1) is 13.8. The zero-order valence-electron chi connectivity index (χ0n) is 11.2. The molecule has 0 saturated carbocycles. The summed E-state index contributed by atoms with van der Waals surface area (Å²) >= 11 is 5.70. The van der Waals surface area contributed by atoms with Gasteiger partial charge in [0.05, 0.1) is 5.02 Å². The van der Waals surface area contributed by atoms with Gasteiger partial charge in [-0.15, -0.1) is 0 Å². The molecule has 0 aliphatic carbocycles. The van der Waals surface area contributed by atoms with E-state index in [0.29, 0.717) is 30.1 Å². The molecule has 0 radical (unpaired) electrons. The van der Waals surface area contributed by atoms with Gasteiger partial charge in [-0.25, -0.2) is 4.39 Å². The number of carbonyl (C=O) groups excluding carboxylic acids is 1. The van der Waals surface area contributed by atoms with Crippen LogP contribution >= 0.6 is 11.6 Å². The molecule has 0 spiro atoms. The van der Waals surface area contributed by atoms with Crippen molar-refractivity contribution in [1.29, 1.82) is 0 Å². The van der Waals surface area contributed by atoms with E-state index in [4.69, 9.17) is 11.6 Å². The highest BCUT2D eigenvalue weighted by molar-refractivity contribution is 6.31. The van der Waals surface area contributed by atoms with Crippen molar-refractivity contribution in [3.8, 4) is 0 Å². The lowest BCUT2D eigenvalue weighted by atomic mass is 9.89. The Morgan fingerprint density at radius 3 is 2.70 bits per heavy atom. The molecule has 2 bridgehead atoms. The van der Waals surface area contributed by atoms with Gasteiger partial charge >= 0.3 is 0 Å². The van der Waals surface area contributed by atoms with Gasteiger partial charge in [-0.1, -0.05) is 11.6 Å². The minimum atomic E-state index is -0.473. The average molecular weight is 297 g/mol. The van der Waals surface area contributed by atoms with Crippen molar-refractivity contribution in [1.82, 2.24) is 5.32 Å². The number of nitrogens with one attached hydrogen (secondary N) is 2. The van der Waals surface area contributed by atoms with Gasteiger partial charge in [0, 0.05) is 24.2 Å². The molecule has 2 N–H and O–H groups in total. The fourth-order valence-electron chi connectivity index (χ4n) is 3.39. The molecule has 2 saturated heterocycles. The highest BCUT2D eigenvalue weighted by Crippen LogP contribution is 2.32. The normalized spacial score (nSPS) is 28.4. The molecular weight excluding hydrogens is 279 g/mol. The molecule has 2 fully saturated rings. The van der Waals surface area contributed by atoms with Crippen molar-refractivity contribution in [3.05, 3.63) is 29.0 Å². The summed E-state index contributed by atoms with van der Waals surface area (Å²) < 4.78 is 13.1. The maximum Gasteiger partial charge on any atom is 0.224 e. The second-order valence-corrected chi connectivity index (χ2v) is 6.26. The summed E-state index contributed by atoms with van der Waals surface area (Å²) in [5, 5.41) is 6.39. The van der Waals surface area contributed by atoms with E-state index in [-0.39, 0.29) is 10.9 Å². The summed E-state index contributed by atoms with van der Waals surface area (Å²) in [6.07, 6.45) is 5.15. The van der Waals surface area contributed by atoms with Crippen LogP contribution in [-0.4, -0.2) is 18.0 Å². The van der Waals surface area contributed by atoms with E-state index >= 15 is 0 Å². The number of carbonyl (C=O) groups is 1. The van der Waals surface area contributed by atoms with Gasteiger partial charge in [-0.05, 0) is 49.8 Å². The summed E-state index contributed by atoms with van der Waals surface area (Å²) in [6, 6.07) is 5.42. The number of hydrogen-bond acceptors (Lipinski definition) is 2. The highest BCUT2D eigenvalue weighted by atomic mass is 35.5. The highest BCUT2D eigenvalue weighted by Gasteiger charge is 2.34. The predicted octanol–water partition coefficient (Wildman–Crippen LogP) is 3.34. The molecule has 2 aliphatic heterocycles. The van der Waals surface area contributed by atoms with Gasteiger partial charge in [0.25, 0.3) is 0 Å². The topological polar surface area (TPSA) is 41.1 Å². The molecule has 1 aromatic carbocycles. The van der Waals surface area contributed by atoms with E-state index < -0.39 is 5.82 Å². The summed E-state index contributed by atoms with van der Waals surface area (Å²) in [7, 11) is 0. The van der Waals surface area contributed by atoms with Crippen LogP contribution in [0, 0.1) is 11.7 Å². The van der Waals surface area contributed by atoms with Crippen molar-refractivity contribution >= 4 is 23.2 Å². The summed E-state index contributed by atoms with van der Waals surface area (Å²) in [5.41, 5.74) is 0.554. The largest absolute Gasteiger partial charge is 0.326 e. The third-order valence-electron chi connectivity index (χ3n) is 4.25. The van der Waals surface area contributed by atoms with Crippen molar-refractivity contribution in [2.24, 2.45) is 5.92 Å². The van der Waals surface area contributed by atoms with Crippen LogP contribution in [0.2, 0.25) is 5.02 Å². The average Bonchev–Trinajstić information content (AvgIpc) is 2.73. The van der Waals surface area contributed by atoms with E-state index in [1.54, 1.807) is 0 Å². The van der Waals surface area contributed by atoms with Crippen LogP contribution in [0.15, 0.2) is 18.2 Å². The molecule has 2 heterocycles. The van der Waals surface area contributed by atoms with Gasteiger partial charge in [0.1, 0.15) is 5.82 Å². The number of halogens is 2. The zero-order chi connectivity index (χ0) is 14.1. The lowest BCUT2D eigenvalue weighted by Gasteiger charge is -2.28. The molecule has 1 aromatic rings. The predicted molar refractivity (Wildman–Crippen MR) is 77.3 cm³/mol. The standard InChI is InChI=1S/C15H18ClFN2O/c16-13-8-12(3-4-14(13)17)19-15(20)7-9-5-10-1-2-11(6-9)18-10/h3-4,8-11,18H,1-2,5-7H2,(H,19,20). The second kappa shape index (κ2) is 5.70. The first-order chi connectivity index (χ1) is 9.60. The van der Waals surface area contributed by atoms with Crippen LogP contribution in [0.1, 0.15) is 32.1 Å². The minimum absolute atomic E-state index is 0.0148. The molecule has 0 aromatic heterocycles. The van der Waals surface area contributed by atoms with Crippen molar-refractivity contribution < 1.29 is 9.18 Å². The Bertz CT molecular complexity index is 511. The van der Waals surface area contributed by atoms with E-state index in [0.717, 1.165) is 12.8 Å². The van der Waals surface area contributed by atoms with Crippen molar-refractivity contribution in [2.45, 2.75) is 44.2 Å². The van der Waals surface area contributed by atoms with Crippen LogP contribution in [0.25, 0.3) is 0 Å². The number of hydrogen-bond donors (Lipinski definition) is 2. The summed E-state index contributed by atoms with van der Waals surface area (Å²) in [4.78, 5) is 12.0. The summed E-state index contributed by atoms with van der Waals surface area (Å²) in [6.45, 7) is 0. The number of anilines is 1. The van der Waals surface area contributed by atoms with Gasteiger partial charge in [0.2, 0.25) is 5.91 Å². The molecule has 5 heteroatoms. The molecule has 2 unspecified atom stereocenters. The number of amides is 1. The van der Waals surface area contributed by atoms with E-state index in [1.165, 1.54) is 31.0 Å². The van der Waals surface area contributed by atoms with Crippen LogP contribution < -0.4 is 10.6 Å². The first-order valence-corrected chi connectivity index (χ1v) is 7.49. The maximum absolute atomic E-state index is 13.1. The van der Waals surface area contributed by atoms with Gasteiger partial charge in [0.15, 0.2) is 0 Å². The quantitative estimate of drug-likeness (QED) is 0.898. The van der Waals surface area contributed by atoms with Crippen LogP contribution in [-0.2, 0) is 4.79 Å². The smallest absolute Gasteiger partial charge is 0.224 e. The number of rotatable bonds is 3. The Labute approximate surface area is 122 Å². The maximum atomic E-state index is 13.1. The number of fused-ring (bicyclic) bond motifs is 2. The van der Waals surface area contributed by atoms with Crippen molar-refractivity contribution in [2.75, 3.05) is 5.32 Å². The zero-order valence-corrected chi connectivity index (χ0v) is 11.9. The number of piperidine rings is 1. The van der Waals surface area contributed by atoms with E-state index in [2.05, 4.69) is 10.6 Å². The molecule has 108 valence electrons. The molecule has 2 aliphatic rings. The lowest BCUT2D eigenvalue weighted by molar-refractivity contribution is -0.117. The first-order valence-electron chi connectivity index (χ1n) is 7.11. The van der Waals surface area contributed by atoms with Gasteiger partial charge in [-0.2, -0.15) is 0 Å². The van der Waals surface area contributed by atoms with Crippen LogP contribution in [0.4, 0.5) is 10.1 Å². The van der Waals surface area contributed by atoms with Gasteiger partial charge in [-0.3, -0.25) is 4.79 Å². The van der Waals surface area contributed by atoms with Crippen LogP contribution in [0.5, 0.6) is 0 Å². The monoisotopic (exact) mass is 296 g/mol. The van der Waals surface area contributed by atoms with E-state index in [1.807, 2.05) is 0 Å². The Kier molecular flexibility index (Phi) is 3.94. The fraction of sp³-hybridized carbons (Fsp3) is 0.533. The third-order valence-corrected chi connectivity index (χ3v) is 4.54. The molecule has 3 nitrogen and oxygen atoms in total. The minimum Gasteiger partial charge on any atom is -0.326 e. The summed E-state index contributed by atoms with van der Waals surface area (Å²) in [5.74, 6) is -0.0387. The fourth-order valence-corrected chi connectivity index (χ4v) is 3.57. The second-order valence-electron chi connectivity index (χ2n) is 5.86. The Morgan fingerprint density at radius 2 is 2.05 bits per heavy atom. The molecule has 1 amide bonds. The van der Waals surface area contributed by atoms with Gasteiger partial charge < -0.3 is 10.6 Å². The molecule has 20 heavy (non-hydrogen) atoms. The molecule has 3 rings (SSSR count). The Morgan fingerprint density at radius 1 is 1.35 bits per heavy atom.